The first-order valence-corrected chi connectivity index (χ1v) is 5.26. The minimum absolute atomic E-state index is 0.409. The molecule has 2 rings (SSSR count). The summed E-state index contributed by atoms with van der Waals surface area (Å²) in [5, 5.41) is 7.90. The molecule has 0 aliphatic rings. The Kier molecular flexibility index (Phi) is 3.96. The van der Waals surface area contributed by atoms with E-state index in [1.54, 1.807) is 6.20 Å². The zero-order chi connectivity index (χ0) is 11.9. The maximum Gasteiger partial charge on any atom is 0.0929 e. The molecular weight excluding hydrogens is 214 g/mol. The molecule has 0 saturated carbocycles. The number of hydrogen-bond donors (Lipinski definition) is 1. The maximum absolute atomic E-state index is 4.93. The highest BCUT2D eigenvalue weighted by molar-refractivity contribution is 5.61. The molecule has 2 N–H and O–H groups in total. The van der Waals surface area contributed by atoms with E-state index < -0.39 is 0 Å². The van der Waals surface area contributed by atoms with Gasteiger partial charge in [0.25, 0.3) is 0 Å². The molecule has 0 bridgehead atoms. The van der Waals surface area contributed by atoms with Crippen LogP contribution in [-0.4, -0.2) is 16.8 Å². The topological polar surface area (TPSA) is 61.0 Å². The lowest BCUT2D eigenvalue weighted by molar-refractivity contribution is 0.168. The van der Waals surface area contributed by atoms with E-state index in [0.29, 0.717) is 6.61 Å². The molecule has 0 fully saturated rings. The standard InChI is InChI=1S/C13H13N3O/c14-17-10-2-3-11-5-7-12(8-6-11)13-4-1-9-15-16-13/h1-9H,10,14H2. The van der Waals surface area contributed by atoms with Crippen molar-refractivity contribution in [2.45, 2.75) is 0 Å². The molecule has 0 aliphatic carbocycles. The monoisotopic (exact) mass is 227 g/mol. The van der Waals surface area contributed by atoms with Gasteiger partial charge in [-0.15, -0.1) is 0 Å². The molecule has 0 saturated heterocycles. The van der Waals surface area contributed by atoms with Crippen molar-refractivity contribution >= 4 is 6.08 Å². The molecule has 17 heavy (non-hydrogen) atoms. The number of nitrogens with two attached hydrogens (primary N) is 1. The molecule has 1 aromatic heterocycles. The third kappa shape index (κ3) is 3.21. The first-order chi connectivity index (χ1) is 8.40. The molecule has 0 spiro atoms. The molecule has 1 aromatic carbocycles. The van der Waals surface area contributed by atoms with Crippen molar-refractivity contribution in [2.75, 3.05) is 6.61 Å². The van der Waals surface area contributed by atoms with Gasteiger partial charge in [0.15, 0.2) is 0 Å². The third-order valence-electron chi connectivity index (χ3n) is 2.28. The van der Waals surface area contributed by atoms with E-state index in [2.05, 4.69) is 15.0 Å². The summed E-state index contributed by atoms with van der Waals surface area (Å²) in [6.07, 6.45) is 5.47. The van der Waals surface area contributed by atoms with Crippen LogP contribution in [0.2, 0.25) is 0 Å². The van der Waals surface area contributed by atoms with E-state index in [1.165, 1.54) is 0 Å². The summed E-state index contributed by atoms with van der Waals surface area (Å²) >= 11 is 0. The Morgan fingerprint density at radius 3 is 2.65 bits per heavy atom. The first kappa shape index (κ1) is 11.4. The average Bonchev–Trinajstić information content (AvgIpc) is 2.41. The van der Waals surface area contributed by atoms with Crippen LogP contribution in [-0.2, 0) is 4.84 Å². The number of hydrogen-bond acceptors (Lipinski definition) is 4. The Morgan fingerprint density at radius 1 is 1.18 bits per heavy atom. The normalized spacial score (nSPS) is 10.9. The summed E-state index contributed by atoms with van der Waals surface area (Å²) in [6.45, 7) is 0.409. The van der Waals surface area contributed by atoms with E-state index in [9.17, 15) is 0 Å². The highest BCUT2D eigenvalue weighted by atomic mass is 16.6. The fourth-order valence-electron chi connectivity index (χ4n) is 1.46. The van der Waals surface area contributed by atoms with Gasteiger partial charge in [0.1, 0.15) is 0 Å². The van der Waals surface area contributed by atoms with E-state index in [4.69, 9.17) is 5.90 Å². The zero-order valence-corrected chi connectivity index (χ0v) is 9.28. The van der Waals surface area contributed by atoms with Crippen molar-refractivity contribution < 1.29 is 4.84 Å². The molecule has 2 aromatic rings. The average molecular weight is 227 g/mol. The number of rotatable bonds is 4. The van der Waals surface area contributed by atoms with Crippen LogP contribution in [0.1, 0.15) is 5.56 Å². The highest BCUT2D eigenvalue weighted by Crippen LogP contribution is 2.16. The molecule has 0 radical (unpaired) electrons. The van der Waals surface area contributed by atoms with E-state index in [0.717, 1.165) is 16.8 Å². The van der Waals surface area contributed by atoms with Crippen LogP contribution < -0.4 is 5.90 Å². The Balaban J connectivity index is 2.13. The van der Waals surface area contributed by atoms with Gasteiger partial charge in [0, 0.05) is 11.8 Å². The quantitative estimate of drug-likeness (QED) is 0.812. The fraction of sp³-hybridized carbons (Fsp3) is 0.0769. The van der Waals surface area contributed by atoms with Gasteiger partial charge in [-0.05, 0) is 17.7 Å². The van der Waals surface area contributed by atoms with Crippen molar-refractivity contribution in [3.05, 3.63) is 54.2 Å². The van der Waals surface area contributed by atoms with Crippen molar-refractivity contribution in [3.8, 4) is 11.3 Å². The van der Waals surface area contributed by atoms with Gasteiger partial charge in [-0.1, -0.05) is 36.4 Å². The van der Waals surface area contributed by atoms with Gasteiger partial charge < -0.3 is 4.84 Å². The Bertz CT molecular complexity index is 480. The number of aromatic nitrogens is 2. The summed E-state index contributed by atoms with van der Waals surface area (Å²) in [5.41, 5.74) is 3.01. The minimum atomic E-state index is 0.409. The van der Waals surface area contributed by atoms with E-state index in [1.807, 2.05) is 48.6 Å². The van der Waals surface area contributed by atoms with Crippen LogP contribution >= 0.6 is 0 Å². The molecule has 0 amide bonds. The van der Waals surface area contributed by atoms with Crippen LogP contribution in [0.5, 0.6) is 0 Å². The Hall–Kier alpha value is -2.04. The van der Waals surface area contributed by atoms with Crippen LogP contribution in [0.3, 0.4) is 0 Å². The van der Waals surface area contributed by atoms with Crippen molar-refractivity contribution in [1.29, 1.82) is 0 Å². The largest absolute Gasteiger partial charge is 0.300 e. The van der Waals surface area contributed by atoms with Crippen LogP contribution in [0, 0.1) is 0 Å². The molecule has 4 nitrogen and oxygen atoms in total. The van der Waals surface area contributed by atoms with Gasteiger partial charge in [-0.3, -0.25) is 0 Å². The zero-order valence-electron chi connectivity index (χ0n) is 9.28. The van der Waals surface area contributed by atoms with Crippen molar-refractivity contribution in [1.82, 2.24) is 10.2 Å². The van der Waals surface area contributed by atoms with Gasteiger partial charge in [-0.25, -0.2) is 5.90 Å². The molecule has 86 valence electrons. The summed E-state index contributed by atoms with van der Waals surface area (Å²) in [4.78, 5) is 4.45. The number of benzene rings is 1. The van der Waals surface area contributed by atoms with Gasteiger partial charge in [-0.2, -0.15) is 10.2 Å². The molecule has 1 heterocycles. The Labute approximate surface area is 99.7 Å². The van der Waals surface area contributed by atoms with Crippen LogP contribution in [0.15, 0.2) is 48.7 Å². The predicted octanol–water partition coefficient (Wildman–Crippen LogP) is 2.05. The highest BCUT2D eigenvalue weighted by Gasteiger charge is 1.97. The van der Waals surface area contributed by atoms with Crippen LogP contribution in [0.4, 0.5) is 0 Å². The SMILES string of the molecule is NOCC=Cc1ccc(-c2cccnn2)cc1. The minimum Gasteiger partial charge on any atom is -0.300 e. The summed E-state index contributed by atoms with van der Waals surface area (Å²) in [7, 11) is 0. The van der Waals surface area contributed by atoms with E-state index in [-0.39, 0.29) is 0 Å². The lowest BCUT2D eigenvalue weighted by Gasteiger charge is -1.99. The van der Waals surface area contributed by atoms with Gasteiger partial charge in [0.2, 0.25) is 0 Å². The summed E-state index contributed by atoms with van der Waals surface area (Å²) in [6, 6.07) is 11.8. The molecule has 0 unspecified atom stereocenters. The second-order valence-electron chi connectivity index (χ2n) is 3.47. The lowest BCUT2D eigenvalue weighted by atomic mass is 10.1. The second-order valence-corrected chi connectivity index (χ2v) is 3.47. The van der Waals surface area contributed by atoms with E-state index >= 15 is 0 Å². The molecular formula is C13H13N3O. The third-order valence-corrected chi connectivity index (χ3v) is 2.28. The maximum atomic E-state index is 4.93. The van der Waals surface area contributed by atoms with Crippen molar-refractivity contribution in [2.24, 2.45) is 5.90 Å². The fourth-order valence-corrected chi connectivity index (χ4v) is 1.46. The summed E-state index contributed by atoms with van der Waals surface area (Å²) in [5.74, 6) is 4.93. The van der Waals surface area contributed by atoms with Crippen molar-refractivity contribution in [3.63, 3.8) is 0 Å². The second kappa shape index (κ2) is 5.89. The smallest absolute Gasteiger partial charge is 0.0929 e. The van der Waals surface area contributed by atoms with Crippen LogP contribution in [0.25, 0.3) is 17.3 Å². The first-order valence-electron chi connectivity index (χ1n) is 5.26. The molecule has 4 heteroatoms. The Morgan fingerprint density at radius 2 is 2.00 bits per heavy atom. The summed E-state index contributed by atoms with van der Waals surface area (Å²) < 4.78 is 0. The van der Waals surface area contributed by atoms with Gasteiger partial charge >= 0.3 is 0 Å². The molecule has 0 aliphatic heterocycles. The lowest BCUT2D eigenvalue weighted by Crippen LogP contribution is -1.96. The van der Waals surface area contributed by atoms with Gasteiger partial charge in [0.05, 0.1) is 12.3 Å². The number of nitrogens with zero attached hydrogens (tertiary/aromatic N) is 2. The predicted molar refractivity (Wildman–Crippen MR) is 66.6 cm³/mol. The molecule has 0 atom stereocenters.